The quantitative estimate of drug-likeness (QED) is 0.893. The number of ether oxygens (including phenoxy) is 2. The Morgan fingerprint density at radius 1 is 1.50 bits per heavy atom. The zero-order chi connectivity index (χ0) is 13.2. The van der Waals surface area contributed by atoms with Crippen LogP contribution in [0.25, 0.3) is 0 Å². The number of hydrogen-bond donors (Lipinski definition) is 1. The van der Waals surface area contributed by atoms with E-state index in [2.05, 4.69) is 19.0 Å². The molecule has 2 heterocycles. The van der Waals surface area contributed by atoms with E-state index in [-0.39, 0.29) is 17.8 Å². The maximum absolute atomic E-state index is 5.98. The minimum Gasteiger partial charge on any atom is -0.368 e. The highest BCUT2D eigenvalue weighted by atomic mass is 16.7. The molecule has 1 aliphatic rings. The predicted molar refractivity (Wildman–Crippen MR) is 68.1 cm³/mol. The number of aromatic nitrogens is 1. The molecule has 18 heavy (non-hydrogen) atoms. The lowest BCUT2D eigenvalue weighted by atomic mass is 9.84. The number of nitrogen functional groups attached to an aromatic ring is 1. The zero-order valence-electron chi connectivity index (χ0n) is 11.3. The highest BCUT2D eigenvalue weighted by Gasteiger charge is 2.34. The van der Waals surface area contributed by atoms with E-state index in [0.29, 0.717) is 5.88 Å². The summed E-state index contributed by atoms with van der Waals surface area (Å²) in [4.78, 5) is 0. The molecule has 2 atom stereocenters. The molecule has 1 aromatic heterocycles. The standard InChI is InChI=1S/C13H22N2O3/c1-9(17-12-6-4-5-7-16-12)13(2,3)10-8-11(14)18-15-10/h8-9,12H,4-7,14H2,1-3H3/t9-,12?/m1/s1. The summed E-state index contributed by atoms with van der Waals surface area (Å²) < 4.78 is 16.5. The third kappa shape index (κ3) is 2.84. The molecular formula is C13H22N2O3. The van der Waals surface area contributed by atoms with Crippen LogP contribution in [-0.2, 0) is 14.9 Å². The van der Waals surface area contributed by atoms with Crippen LogP contribution in [0, 0.1) is 0 Å². The minimum atomic E-state index is -0.262. The van der Waals surface area contributed by atoms with Crippen LogP contribution in [0.1, 0.15) is 45.7 Å². The first-order valence-electron chi connectivity index (χ1n) is 6.50. The molecule has 2 rings (SSSR count). The van der Waals surface area contributed by atoms with E-state index in [1.54, 1.807) is 6.07 Å². The Morgan fingerprint density at radius 3 is 2.83 bits per heavy atom. The highest BCUT2D eigenvalue weighted by molar-refractivity contribution is 5.29. The Bertz CT molecular complexity index is 383. The highest BCUT2D eigenvalue weighted by Crippen LogP contribution is 2.31. The molecule has 5 heteroatoms. The van der Waals surface area contributed by atoms with Crippen LogP contribution >= 0.6 is 0 Å². The first kappa shape index (κ1) is 13.4. The van der Waals surface area contributed by atoms with Crippen molar-refractivity contribution in [1.29, 1.82) is 0 Å². The molecule has 0 saturated carbocycles. The van der Waals surface area contributed by atoms with Crippen molar-refractivity contribution in [1.82, 2.24) is 5.16 Å². The summed E-state index contributed by atoms with van der Waals surface area (Å²) in [5, 5.41) is 3.98. The fourth-order valence-electron chi connectivity index (χ4n) is 2.02. The van der Waals surface area contributed by atoms with Gasteiger partial charge < -0.3 is 19.7 Å². The Labute approximate surface area is 108 Å². The van der Waals surface area contributed by atoms with E-state index in [1.807, 2.05) is 6.92 Å². The van der Waals surface area contributed by atoms with Gasteiger partial charge in [-0.1, -0.05) is 19.0 Å². The van der Waals surface area contributed by atoms with Crippen LogP contribution in [0.3, 0.4) is 0 Å². The maximum Gasteiger partial charge on any atom is 0.222 e. The summed E-state index contributed by atoms with van der Waals surface area (Å²) in [5.74, 6) is 0.333. The first-order chi connectivity index (χ1) is 8.50. The van der Waals surface area contributed by atoms with E-state index in [1.165, 1.54) is 0 Å². The number of hydrogen-bond acceptors (Lipinski definition) is 5. The molecule has 1 aliphatic heterocycles. The van der Waals surface area contributed by atoms with Crippen LogP contribution in [-0.4, -0.2) is 24.2 Å². The second-order valence-corrected chi connectivity index (χ2v) is 5.41. The van der Waals surface area contributed by atoms with Crippen LogP contribution in [0.15, 0.2) is 10.6 Å². The summed E-state index contributed by atoms with van der Waals surface area (Å²) >= 11 is 0. The van der Waals surface area contributed by atoms with Gasteiger partial charge in [0.1, 0.15) is 0 Å². The average Bonchev–Trinajstić information content (AvgIpc) is 2.78. The van der Waals surface area contributed by atoms with Crippen molar-refractivity contribution in [3.8, 4) is 0 Å². The molecule has 1 fully saturated rings. The van der Waals surface area contributed by atoms with Crippen molar-refractivity contribution in [3.63, 3.8) is 0 Å². The van der Waals surface area contributed by atoms with E-state index >= 15 is 0 Å². The van der Waals surface area contributed by atoms with Crippen LogP contribution in [0.2, 0.25) is 0 Å². The molecule has 0 radical (unpaired) electrons. The molecular weight excluding hydrogens is 232 g/mol. The molecule has 0 spiro atoms. The Hall–Kier alpha value is -1.07. The predicted octanol–water partition coefficient (Wildman–Crippen LogP) is 2.47. The van der Waals surface area contributed by atoms with Gasteiger partial charge in [-0.15, -0.1) is 0 Å². The first-order valence-corrected chi connectivity index (χ1v) is 6.50. The molecule has 2 N–H and O–H groups in total. The fourth-order valence-corrected chi connectivity index (χ4v) is 2.02. The normalized spacial score (nSPS) is 22.9. The van der Waals surface area contributed by atoms with Crippen LogP contribution in [0.4, 0.5) is 5.88 Å². The molecule has 0 aliphatic carbocycles. The number of rotatable bonds is 4. The Balaban J connectivity index is 2.00. The smallest absolute Gasteiger partial charge is 0.222 e. The third-order valence-electron chi connectivity index (χ3n) is 3.70. The van der Waals surface area contributed by atoms with Crippen molar-refractivity contribution >= 4 is 5.88 Å². The van der Waals surface area contributed by atoms with Crippen molar-refractivity contribution in [2.75, 3.05) is 12.3 Å². The molecule has 102 valence electrons. The van der Waals surface area contributed by atoms with E-state index in [0.717, 1.165) is 31.6 Å². The molecule has 0 bridgehead atoms. The number of anilines is 1. The SMILES string of the molecule is C[C@@H](OC1CCCCO1)C(C)(C)c1cc(N)on1. The summed E-state index contributed by atoms with van der Waals surface area (Å²) in [6, 6.07) is 1.75. The molecule has 5 nitrogen and oxygen atoms in total. The maximum atomic E-state index is 5.98. The summed E-state index contributed by atoms with van der Waals surface area (Å²) in [6.45, 7) is 6.95. The van der Waals surface area contributed by atoms with Crippen molar-refractivity contribution in [2.45, 2.75) is 57.8 Å². The van der Waals surface area contributed by atoms with Crippen molar-refractivity contribution in [3.05, 3.63) is 11.8 Å². The number of nitrogens with two attached hydrogens (primary N) is 1. The minimum absolute atomic E-state index is 0.0231. The van der Waals surface area contributed by atoms with Gasteiger partial charge in [0.15, 0.2) is 6.29 Å². The molecule has 1 saturated heterocycles. The molecule has 0 amide bonds. The van der Waals surface area contributed by atoms with Gasteiger partial charge in [-0.05, 0) is 26.2 Å². The van der Waals surface area contributed by atoms with Crippen molar-refractivity contribution in [2.24, 2.45) is 0 Å². The van der Waals surface area contributed by atoms with Gasteiger partial charge in [0.05, 0.1) is 11.8 Å². The lowest BCUT2D eigenvalue weighted by Gasteiger charge is -2.34. The summed E-state index contributed by atoms with van der Waals surface area (Å²) in [6.07, 6.45) is 3.12. The second-order valence-electron chi connectivity index (χ2n) is 5.41. The monoisotopic (exact) mass is 254 g/mol. The van der Waals surface area contributed by atoms with E-state index in [4.69, 9.17) is 19.7 Å². The van der Waals surface area contributed by atoms with Gasteiger partial charge in [0.25, 0.3) is 0 Å². The second kappa shape index (κ2) is 5.28. The fraction of sp³-hybridized carbons (Fsp3) is 0.769. The largest absolute Gasteiger partial charge is 0.368 e. The summed E-state index contributed by atoms with van der Waals surface area (Å²) in [5.41, 5.74) is 6.11. The van der Waals surface area contributed by atoms with E-state index in [9.17, 15) is 0 Å². The Morgan fingerprint density at radius 2 is 2.28 bits per heavy atom. The third-order valence-corrected chi connectivity index (χ3v) is 3.70. The van der Waals surface area contributed by atoms with Crippen LogP contribution in [0.5, 0.6) is 0 Å². The molecule has 1 aromatic rings. The van der Waals surface area contributed by atoms with E-state index < -0.39 is 0 Å². The van der Waals surface area contributed by atoms with Gasteiger partial charge in [-0.3, -0.25) is 0 Å². The van der Waals surface area contributed by atoms with Gasteiger partial charge >= 0.3 is 0 Å². The lowest BCUT2D eigenvalue weighted by Crippen LogP contribution is -2.38. The van der Waals surface area contributed by atoms with Gasteiger partial charge in [0, 0.05) is 18.1 Å². The Kier molecular flexibility index (Phi) is 3.92. The molecule has 1 unspecified atom stereocenters. The zero-order valence-corrected chi connectivity index (χ0v) is 11.3. The van der Waals surface area contributed by atoms with Crippen molar-refractivity contribution < 1.29 is 14.0 Å². The molecule has 0 aromatic carbocycles. The number of nitrogens with zero attached hydrogens (tertiary/aromatic N) is 1. The van der Waals surface area contributed by atoms with Crippen LogP contribution < -0.4 is 5.73 Å². The summed E-state index contributed by atoms with van der Waals surface area (Å²) in [7, 11) is 0. The average molecular weight is 254 g/mol. The van der Waals surface area contributed by atoms with Gasteiger partial charge in [-0.2, -0.15) is 0 Å². The van der Waals surface area contributed by atoms with Gasteiger partial charge in [-0.25, -0.2) is 0 Å². The topological polar surface area (TPSA) is 70.5 Å². The van der Waals surface area contributed by atoms with Gasteiger partial charge in [0.2, 0.25) is 5.88 Å². The lowest BCUT2D eigenvalue weighted by molar-refractivity contribution is -0.196.